The van der Waals surface area contributed by atoms with Gasteiger partial charge in [0.05, 0.1) is 5.69 Å². The zero-order valence-corrected chi connectivity index (χ0v) is 8.06. The molecule has 1 nitrogen and oxygen atoms in total. The van der Waals surface area contributed by atoms with Crippen LogP contribution in [0.3, 0.4) is 0 Å². The van der Waals surface area contributed by atoms with Gasteiger partial charge in [0.1, 0.15) is 0 Å². The molecule has 1 aliphatic carbocycles. The molecular formula is C9H10BrN. The molecule has 1 aromatic heterocycles. The number of aryl methyl sites for hydroxylation is 1. The van der Waals surface area contributed by atoms with Gasteiger partial charge < -0.3 is 0 Å². The first-order valence-electron chi connectivity index (χ1n) is 3.90. The van der Waals surface area contributed by atoms with Gasteiger partial charge in [-0.1, -0.05) is 0 Å². The number of halogens is 1. The molecular weight excluding hydrogens is 202 g/mol. The number of nitrogens with zero attached hydrogens (tertiary/aromatic N) is 1. The Balaban J connectivity index is 2.36. The molecule has 0 aliphatic heterocycles. The SMILES string of the molecule is Cc1nc(C2CC2)ccc1Br. The summed E-state index contributed by atoms with van der Waals surface area (Å²) in [6, 6.07) is 4.21. The van der Waals surface area contributed by atoms with Crippen molar-refractivity contribution < 1.29 is 0 Å². The highest BCUT2D eigenvalue weighted by molar-refractivity contribution is 9.10. The summed E-state index contributed by atoms with van der Waals surface area (Å²) in [4.78, 5) is 4.49. The number of pyridine rings is 1. The van der Waals surface area contributed by atoms with E-state index in [2.05, 4.69) is 33.0 Å². The summed E-state index contributed by atoms with van der Waals surface area (Å²) in [5.74, 6) is 0.766. The largest absolute Gasteiger partial charge is 0.257 e. The summed E-state index contributed by atoms with van der Waals surface area (Å²) in [5, 5.41) is 0. The summed E-state index contributed by atoms with van der Waals surface area (Å²) >= 11 is 3.44. The van der Waals surface area contributed by atoms with E-state index in [9.17, 15) is 0 Å². The quantitative estimate of drug-likeness (QED) is 0.697. The number of rotatable bonds is 1. The second-order valence-electron chi connectivity index (χ2n) is 3.08. The van der Waals surface area contributed by atoms with Crippen molar-refractivity contribution in [3.05, 3.63) is 28.0 Å². The van der Waals surface area contributed by atoms with Crippen LogP contribution in [0.15, 0.2) is 16.6 Å². The molecule has 0 N–H and O–H groups in total. The monoisotopic (exact) mass is 211 g/mol. The zero-order chi connectivity index (χ0) is 7.84. The van der Waals surface area contributed by atoms with Crippen molar-refractivity contribution >= 4 is 15.9 Å². The van der Waals surface area contributed by atoms with E-state index >= 15 is 0 Å². The summed E-state index contributed by atoms with van der Waals surface area (Å²) in [6.07, 6.45) is 2.65. The number of hydrogen-bond donors (Lipinski definition) is 0. The molecule has 1 saturated carbocycles. The maximum absolute atomic E-state index is 4.49. The van der Waals surface area contributed by atoms with E-state index in [1.807, 2.05) is 6.92 Å². The molecule has 1 heterocycles. The minimum atomic E-state index is 0.766. The molecule has 0 bridgehead atoms. The Hall–Kier alpha value is -0.370. The lowest BCUT2D eigenvalue weighted by atomic mass is 10.2. The minimum absolute atomic E-state index is 0.766. The lowest BCUT2D eigenvalue weighted by molar-refractivity contribution is 0.988. The van der Waals surface area contributed by atoms with E-state index in [4.69, 9.17) is 0 Å². The first-order valence-corrected chi connectivity index (χ1v) is 4.70. The normalized spacial score (nSPS) is 16.9. The predicted octanol–water partition coefficient (Wildman–Crippen LogP) is 3.03. The fourth-order valence-electron chi connectivity index (χ4n) is 1.17. The highest BCUT2D eigenvalue weighted by Crippen LogP contribution is 2.39. The smallest absolute Gasteiger partial charge is 0.0517 e. The van der Waals surface area contributed by atoms with Crippen LogP contribution < -0.4 is 0 Å². The molecule has 2 rings (SSSR count). The molecule has 0 spiro atoms. The third-order valence-electron chi connectivity index (χ3n) is 2.04. The molecule has 0 aromatic carbocycles. The van der Waals surface area contributed by atoms with Crippen molar-refractivity contribution in [3.8, 4) is 0 Å². The molecule has 58 valence electrons. The Labute approximate surface area is 75.0 Å². The average Bonchev–Trinajstić information content (AvgIpc) is 2.77. The summed E-state index contributed by atoms with van der Waals surface area (Å²) in [7, 11) is 0. The number of aromatic nitrogens is 1. The second kappa shape index (κ2) is 2.59. The molecule has 0 amide bonds. The average molecular weight is 212 g/mol. The maximum Gasteiger partial charge on any atom is 0.0517 e. The van der Waals surface area contributed by atoms with Gasteiger partial charge in [0.25, 0.3) is 0 Å². The van der Waals surface area contributed by atoms with E-state index in [1.165, 1.54) is 18.5 Å². The Morgan fingerprint density at radius 1 is 1.45 bits per heavy atom. The van der Waals surface area contributed by atoms with Crippen LogP contribution in [0.4, 0.5) is 0 Å². The standard InChI is InChI=1S/C9H10BrN/c1-6-8(10)4-5-9(11-6)7-2-3-7/h4-5,7H,2-3H2,1H3. The second-order valence-corrected chi connectivity index (χ2v) is 3.93. The van der Waals surface area contributed by atoms with Gasteiger partial charge in [0, 0.05) is 16.1 Å². The molecule has 0 saturated heterocycles. The molecule has 1 fully saturated rings. The highest BCUT2D eigenvalue weighted by Gasteiger charge is 2.24. The van der Waals surface area contributed by atoms with E-state index in [-0.39, 0.29) is 0 Å². The van der Waals surface area contributed by atoms with Gasteiger partial charge >= 0.3 is 0 Å². The number of hydrogen-bond acceptors (Lipinski definition) is 1. The summed E-state index contributed by atoms with van der Waals surface area (Å²) in [6.45, 7) is 2.04. The van der Waals surface area contributed by atoms with Crippen molar-refractivity contribution in [1.29, 1.82) is 0 Å². The Bertz CT molecular complexity index is 279. The first-order chi connectivity index (χ1) is 5.27. The van der Waals surface area contributed by atoms with Gasteiger partial charge in [-0.3, -0.25) is 4.98 Å². The molecule has 2 heteroatoms. The van der Waals surface area contributed by atoms with Gasteiger partial charge in [0.15, 0.2) is 0 Å². The third kappa shape index (κ3) is 1.45. The van der Waals surface area contributed by atoms with Gasteiger partial charge in [-0.15, -0.1) is 0 Å². The van der Waals surface area contributed by atoms with Crippen LogP contribution in [0, 0.1) is 6.92 Å². The fourth-order valence-corrected chi connectivity index (χ4v) is 1.39. The highest BCUT2D eigenvalue weighted by atomic mass is 79.9. The Morgan fingerprint density at radius 2 is 2.18 bits per heavy atom. The molecule has 0 radical (unpaired) electrons. The van der Waals surface area contributed by atoms with Crippen molar-refractivity contribution in [2.45, 2.75) is 25.7 Å². The fraction of sp³-hybridized carbons (Fsp3) is 0.444. The maximum atomic E-state index is 4.49. The van der Waals surface area contributed by atoms with Crippen molar-refractivity contribution in [3.63, 3.8) is 0 Å². The summed E-state index contributed by atoms with van der Waals surface area (Å²) < 4.78 is 1.11. The van der Waals surface area contributed by atoms with Crippen LogP contribution in [0.5, 0.6) is 0 Å². The molecule has 0 unspecified atom stereocenters. The van der Waals surface area contributed by atoms with Gasteiger partial charge in [-0.2, -0.15) is 0 Å². The molecule has 1 aromatic rings. The van der Waals surface area contributed by atoms with Gasteiger partial charge in [0.2, 0.25) is 0 Å². The van der Waals surface area contributed by atoms with Crippen LogP contribution in [0.25, 0.3) is 0 Å². The predicted molar refractivity (Wildman–Crippen MR) is 48.6 cm³/mol. The first kappa shape index (κ1) is 7.29. The Morgan fingerprint density at radius 3 is 2.73 bits per heavy atom. The van der Waals surface area contributed by atoms with E-state index in [1.54, 1.807) is 0 Å². The van der Waals surface area contributed by atoms with Crippen molar-refractivity contribution in [2.75, 3.05) is 0 Å². The molecule has 1 aliphatic rings. The van der Waals surface area contributed by atoms with E-state index < -0.39 is 0 Å². The zero-order valence-electron chi connectivity index (χ0n) is 6.47. The third-order valence-corrected chi connectivity index (χ3v) is 2.88. The molecule has 11 heavy (non-hydrogen) atoms. The Kier molecular flexibility index (Phi) is 1.72. The minimum Gasteiger partial charge on any atom is -0.257 e. The molecule has 0 atom stereocenters. The van der Waals surface area contributed by atoms with E-state index in [0.29, 0.717) is 0 Å². The van der Waals surface area contributed by atoms with Crippen LogP contribution in [0.1, 0.15) is 30.1 Å². The van der Waals surface area contributed by atoms with Crippen LogP contribution >= 0.6 is 15.9 Å². The van der Waals surface area contributed by atoms with Crippen LogP contribution in [0.2, 0.25) is 0 Å². The lowest BCUT2D eigenvalue weighted by Crippen LogP contribution is -1.89. The van der Waals surface area contributed by atoms with Gasteiger partial charge in [-0.05, 0) is 47.8 Å². The van der Waals surface area contributed by atoms with Crippen LogP contribution in [-0.4, -0.2) is 4.98 Å². The summed E-state index contributed by atoms with van der Waals surface area (Å²) in [5.41, 5.74) is 2.38. The van der Waals surface area contributed by atoms with Crippen molar-refractivity contribution in [1.82, 2.24) is 4.98 Å². The lowest BCUT2D eigenvalue weighted by Gasteiger charge is -2.00. The van der Waals surface area contributed by atoms with Gasteiger partial charge in [-0.25, -0.2) is 0 Å². The topological polar surface area (TPSA) is 12.9 Å². The van der Waals surface area contributed by atoms with Crippen molar-refractivity contribution in [2.24, 2.45) is 0 Å². The van der Waals surface area contributed by atoms with E-state index in [0.717, 1.165) is 16.1 Å². The van der Waals surface area contributed by atoms with Crippen LogP contribution in [-0.2, 0) is 0 Å².